The smallest absolute Gasteiger partial charge is 0.407 e. The van der Waals surface area contributed by atoms with Crippen molar-refractivity contribution in [2.75, 3.05) is 33.4 Å². The van der Waals surface area contributed by atoms with Crippen molar-refractivity contribution in [3.05, 3.63) is 47.0 Å². The van der Waals surface area contributed by atoms with E-state index in [1.165, 1.54) is 0 Å². The predicted molar refractivity (Wildman–Crippen MR) is 128 cm³/mol. The van der Waals surface area contributed by atoms with Crippen LogP contribution in [0.2, 0.25) is 5.02 Å². The van der Waals surface area contributed by atoms with Crippen LogP contribution in [0.25, 0.3) is 11.1 Å². The first-order valence-electron chi connectivity index (χ1n) is 11.6. The summed E-state index contributed by atoms with van der Waals surface area (Å²) in [6, 6.07) is 11.6. The summed E-state index contributed by atoms with van der Waals surface area (Å²) < 4.78 is 17.3. The third-order valence-electron chi connectivity index (χ3n) is 7.31. The lowest BCUT2D eigenvalue weighted by molar-refractivity contribution is -0.0361. The molecule has 7 heteroatoms. The SMILES string of the molecule is COc1ccc(-c2ccc3c(c2)OCC(C)(C)C3NC(=O)O[C@H]2CN3CCC2CC3)cc1Cl. The number of carbonyl (C=O) groups excluding carboxylic acids is 1. The summed E-state index contributed by atoms with van der Waals surface area (Å²) in [6.07, 6.45) is 1.87. The van der Waals surface area contributed by atoms with Crippen LogP contribution >= 0.6 is 11.6 Å². The molecule has 4 heterocycles. The molecule has 3 fully saturated rings. The molecule has 4 aliphatic heterocycles. The number of piperidine rings is 3. The van der Waals surface area contributed by atoms with E-state index in [0.29, 0.717) is 23.3 Å². The molecule has 1 amide bonds. The first-order valence-corrected chi connectivity index (χ1v) is 12.0. The number of carbonyl (C=O) groups is 1. The van der Waals surface area contributed by atoms with Gasteiger partial charge < -0.3 is 19.5 Å². The Bertz CT molecular complexity index is 1050. The zero-order valence-corrected chi connectivity index (χ0v) is 20.2. The van der Waals surface area contributed by atoms with Crippen molar-refractivity contribution in [1.82, 2.24) is 10.2 Å². The van der Waals surface area contributed by atoms with Gasteiger partial charge in [-0.1, -0.05) is 43.6 Å². The number of halogens is 1. The second kappa shape index (κ2) is 8.73. The first-order chi connectivity index (χ1) is 15.8. The van der Waals surface area contributed by atoms with E-state index in [1.807, 2.05) is 36.4 Å². The number of ether oxygens (including phenoxy) is 3. The van der Waals surface area contributed by atoms with E-state index in [1.54, 1.807) is 7.11 Å². The van der Waals surface area contributed by atoms with Crippen LogP contribution in [0.3, 0.4) is 0 Å². The standard InChI is InChI=1S/C26H31ClN2O4/c1-26(2)15-32-22-13-18(17-5-7-21(31-3)20(27)12-17)4-6-19(22)24(26)28-25(30)33-23-14-29-10-8-16(23)9-11-29/h4-7,12-13,16,23-24H,8-11,14-15H2,1-3H3,(H,28,30)/t23-,24?/m0/s1. The zero-order valence-electron chi connectivity index (χ0n) is 19.4. The van der Waals surface area contributed by atoms with Gasteiger partial charge in [0.15, 0.2) is 0 Å². The molecule has 1 N–H and O–H groups in total. The second-order valence-electron chi connectivity index (χ2n) is 10.0. The third-order valence-corrected chi connectivity index (χ3v) is 7.60. The number of nitrogens with one attached hydrogen (secondary N) is 1. The summed E-state index contributed by atoms with van der Waals surface area (Å²) in [7, 11) is 1.60. The van der Waals surface area contributed by atoms with Gasteiger partial charge in [0, 0.05) is 17.5 Å². The van der Waals surface area contributed by atoms with Gasteiger partial charge in [-0.3, -0.25) is 4.90 Å². The molecule has 4 aliphatic rings. The molecule has 2 aromatic carbocycles. The normalized spacial score (nSPS) is 27.3. The Kier molecular flexibility index (Phi) is 5.91. The van der Waals surface area contributed by atoms with Crippen LogP contribution in [0.1, 0.15) is 38.3 Å². The molecular formula is C26H31ClN2O4. The Labute approximate surface area is 200 Å². The average Bonchev–Trinajstić information content (AvgIpc) is 2.81. The lowest BCUT2D eigenvalue weighted by Gasteiger charge is -2.44. The van der Waals surface area contributed by atoms with Gasteiger partial charge >= 0.3 is 6.09 Å². The molecule has 0 aliphatic carbocycles. The minimum Gasteiger partial charge on any atom is -0.495 e. The van der Waals surface area contributed by atoms with Crippen LogP contribution in [0.5, 0.6) is 11.5 Å². The van der Waals surface area contributed by atoms with Gasteiger partial charge in [-0.2, -0.15) is 0 Å². The Morgan fingerprint density at radius 2 is 1.88 bits per heavy atom. The van der Waals surface area contributed by atoms with Gasteiger partial charge in [0.1, 0.15) is 17.6 Å². The highest BCUT2D eigenvalue weighted by atomic mass is 35.5. The van der Waals surface area contributed by atoms with Crippen molar-refractivity contribution in [1.29, 1.82) is 0 Å². The number of alkyl carbamates (subject to hydrolysis) is 1. The number of hydrogen-bond acceptors (Lipinski definition) is 5. The number of nitrogens with zero attached hydrogens (tertiary/aromatic N) is 1. The van der Waals surface area contributed by atoms with Crippen molar-refractivity contribution in [2.24, 2.45) is 11.3 Å². The fourth-order valence-corrected chi connectivity index (χ4v) is 5.56. The molecule has 0 aromatic heterocycles. The third kappa shape index (κ3) is 4.38. The van der Waals surface area contributed by atoms with E-state index in [0.717, 1.165) is 54.9 Å². The molecule has 2 bridgehead atoms. The van der Waals surface area contributed by atoms with E-state index in [9.17, 15) is 4.79 Å². The van der Waals surface area contributed by atoms with Gasteiger partial charge in [-0.05, 0) is 61.2 Å². The largest absolute Gasteiger partial charge is 0.495 e. The van der Waals surface area contributed by atoms with Crippen LogP contribution in [0, 0.1) is 11.3 Å². The molecular weight excluding hydrogens is 440 g/mol. The predicted octanol–water partition coefficient (Wildman–Crippen LogP) is 5.30. The number of benzene rings is 2. The Morgan fingerprint density at radius 1 is 1.15 bits per heavy atom. The van der Waals surface area contributed by atoms with Crippen molar-refractivity contribution in [2.45, 2.75) is 38.8 Å². The average molecular weight is 471 g/mol. The molecule has 176 valence electrons. The molecule has 3 saturated heterocycles. The van der Waals surface area contributed by atoms with Crippen LogP contribution < -0.4 is 14.8 Å². The number of methoxy groups -OCH3 is 1. The summed E-state index contributed by atoms with van der Waals surface area (Å²) in [5.41, 5.74) is 2.65. The second-order valence-corrected chi connectivity index (χ2v) is 10.4. The van der Waals surface area contributed by atoms with E-state index >= 15 is 0 Å². The molecule has 0 radical (unpaired) electrons. The molecule has 1 unspecified atom stereocenters. The van der Waals surface area contributed by atoms with Crippen molar-refractivity contribution >= 4 is 17.7 Å². The number of amides is 1. The van der Waals surface area contributed by atoms with Crippen LogP contribution in [0.15, 0.2) is 36.4 Å². The maximum atomic E-state index is 12.9. The molecule has 2 aromatic rings. The Balaban J connectivity index is 1.35. The zero-order chi connectivity index (χ0) is 23.2. The highest BCUT2D eigenvalue weighted by Gasteiger charge is 2.41. The highest BCUT2D eigenvalue weighted by molar-refractivity contribution is 6.32. The Morgan fingerprint density at radius 3 is 2.55 bits per heavy atom. The number of hydrogen-bond donors (Lipinski definition) is 1. The van der Waals surface area contributed by atoms with Crippen LogP contribution in [-0.2, 0) is 4.74 Å². The number of fused-ring (bicyclic) bond motifs is 4. The maximum absolute atomic E-state index is 12.9. The summed E-state index contributed by atoms with van der Waals surface area (Å²) in [5.74, 6) is 1.89. The van der Waals surface area contributed by atoms with Crippen LogP contribution in [0.4, 0.5) is 4.79 Å². The van der Waals surface area contributed by atoms with E-state index in [-0.39, 0.29) is 23.7 Å². The van der Waals surface area contributed by atoms with Gasteiger partial charge in [0.2, 0.25) is 0 Å². The lowest BCUT2D eigenvalue weighted by atomic mass is 9.78. The fourth-order valence-electron chi connectivity index (χ4n) is 5.30. The molecule has 6 nitrogen and oxygen atoms in total. The fraction of sp³-hybridized carbons (Fsp3) is 0.500. The van der Waals surface area contributed by atoms with Crippen LogP contribution in [-0.4, -0.2) is 50.4 Å². The van der Waals surface area contributed by atoms with Crippen molar-refractivity contribution in [3.8, 4) is 22.6 Å². The summed E-state index contributed by atoms with van der Waals surface area (Å²) in [6.45, 7) is 7.79. The maximum Gasteiger partial charge on any atom is 0.407 e. The lowest BCUT2D eigenvalue weighted by Crippen LogP contribution is -2.53. The van der Waals surface area contributed by atoms with Crippen molar-refractivity contribution in [3.63, 3.8) is 0 Å². The molecule has 0 saturated carbocycles. The van der Waals surface area contributed by atoms with Crippen molar-refractivity contribution < 1.29 is 19.0 Å². The summed E-state index contributed by atoms with van der Waals surface area (Å²) >= 11 is 6.32. The van der Waals surface area contributed by atoms with Gasteiger partial charge in [-0.15, -0.1) is 0 Å². The van der Waals surface area contributed by atoms with E-state index < -0.39 is 0 Å². The Hall–Kier alpha value is -2.44. The van der Waals surface area contributed by atoms with Gasteiger partial charge in [-0.25, -0.2) is 4.79 Å². The minimum atomic E-state index is -0.342. The highest BCUT2D eigenvalue weighted by Crippen LogP contribution is 2.44. The topological polar surface area (TPSA) is 60.0 Å². The molecule has 0 spiro atoms. The van der Waals surface area contributed by atoms with Gasteiger partial charge in [0.05, 0.1) is 24.8 Å². The molecule has 33 heavy (non-hydrogen) atoms. The minimum absolute atomic E-state index is 0.0166. The van der Waals surface area contributed by atoms with Gasteiger partial charge in [0.25, 0.3) is 0 Å². The molecule has 2 atom stereocenters. The first kappa shape index (κ1) is 22.4. The van der Waals surface area contributed by atoms with E-state index in [4.69, 9.17) is 25.8 Å². The summed E-state index contributed by atoms with van der Waals surface area (Å²) in [4.78, 5) is 15.3. The number of rotatable bonds is 4. The van der Waals surface area contributed by atoms with E-state index in [2.05, 4.69) is 24.1 Å². The quantitative estimate of drug-likeness (QED) is 0.657. The summed E-state index contributed by atoms with van der Waals surface area (Å²) in [5, 5.41) is 3.72. The molecule has 6 rings (SSSR count). The monoisotopic (exact) mass is 470 g/mol.